The molecular formula is C15H11F2N. The van der Waals surface area contributed by atoms with Crippen molar-refractivity contribution in [3.8, 4) is 11.1 Å². The van der Waals surface area contributed by atoms with Crippen LogP contribution in [0, 0.1) is 18.6 Å². The minimum absolute atomic E-state index is 0.544. The predicted octanol–water partition coefficient (Wildman–Crippen LogP) is 4.19. The Hall–Kier alpha value is -2.16. The van der Waals surface area contributed by atoms with Crippen LogP contribution in [0.3, 0.4) is 0 Å². The minimum Gasteiger partial charge on any atom is -0.321 e. The van der Waals surface area contributed by atoms with Crippen LogP contribution in [0.25, 0.3) is 16.6 Å². The van der Waals surface area contributed by atoms with E-state index in [2.05, 4.69) is 0 Å². The number of benzene rings is 1. The van der Waals surface area contributed by atoms with E-state index >= 15 is 0 Å². The van der Waals surface area contributed by atoms with Gasteiger partial charge in [-0.1, -0.05) is 6.07 Å². The third kappa shape index (κ3) is 1.78. The summed E-state index contributed by atoms with van der Waals surface area (Å²) in [4.78, 5) is 0. The normalized spacial score (nSPS) is 11.1. The van der Waals surface area contributed by atoms with Gasteiger partial charge >= 0.3 is 0 Å². The first-order valence-electron chi connectivity index (χ1n) is 5.68. The number of nitrogens with zero attached hydrogens (tertiary/aromatic N) is 1. The van der Waals surface area contributed by atoms with Gasteiger partial charge in [0.05, 0.1) is 0 Å². The molecule has 2 heterocycles. The molecule has 0 saturated heterocycles. The summed E-state index contributed by atoms with van der Waals surface area (Å²) < 4.78 is 28.4. The van der Waals surface area contributed by atoms with Gasteiger partial charge in [-0.2, -0.15) is 0 Å². The van der Waals surface area contributed by atoms with Crippen LogP contribution in [-0.2, 0) is 0 Å². The average molecular weight is 243 g/mol. The van der Waals surface area contributed by atoms with Crippen molar-refractivity contribution >= 4 is 5.52 Å². The zero-order chi connectivity index (χ0) is 12.7. The van der Waals surface area contributed by atoms with E-state index in [1.807, 2.05) is 41.8 Å². The molecule has 1 aromatic carbocycles. The first-order valence-corrected chi connectivity index (χ1v) is 5.68. The number of aromatic nitrogens is 1. The highest BCUT2D eigenvalue weighted by atomic mass is 19.1. The molecule has 0 aliphatic heterocycles. The molecule has 18 heavy (non-hydrogen) atoms. The van der Waals surface area contributed by atoms with Crippen LogP contribution in [0.5, 0.6) is 0 Å². The first-order chi connectivity index (χ1) is 8.63. The van der Waals surface area contributed by atoms with Crippen LogP contribution in [0.15, 0.2) is 48.7 Å². The second-order valence-electron chi connectivity index (χ2n) is 4.35. The number of rotatable bonds is 1. The maximum Gasteiger partial charge on any atom is 0.126 e. The topological polar surface area (TPSA) is 4.41 Å². The lowest BCUT2D eigenvalue weighted by molar-refractivity contribution is 0.584. The molecule has 0 bridgehead atoms. The monoisotopic (exact) mass is 243 g/mol. The fourth-order valence-electron chi connectivity index (χ4n) is 2.13. The highest BCUT2D eigenvalue weighted by Crippen LogP contribution is 2.23. The van der Waals surface area contributed by atoms with Gasteiger partial charge in [0.15, 0.2) is 0 Å². The van der Waals surface area contributed by atoms with E-state index in [1.165, 1.54) is 12.1 Å². The number of fused-ring (bicyclic) bond motifs is 1. The van der Waals surface area contributed by atoms with Gasteiger partial charge in [-0.3, -0.25) is 0 Å². The molecule has 3 rings (SSSR count). The van der Waals surface area contributed by atoms with E-state index in [4.69, 9.17) is 0 Å². The van der Waals surface area contributed by atoms with E-state index in [-0.39, 0.29) is 0 Å². The van der Waals surface area contributed by atoms with Crippen molar-refractivity contribution in [2.75, 3.05) is 0 Å². The molecule has 3 heteroatoms. The van der Waals surface area contributed by atoms with Crippen LogP contribution >= 0.6 is 0 Å². The lowest BCUT2D eigenvalue weighted by Gasteiger charge is -2.05. The fourth-order valence-corrected chi connectivity index (χ4v) is 2.13. The molecule has 0 atom stereocenters. The highest BCUT2D eigenvalue weighted by Gasteiger charge is 2.05. The fraction of sp³-hybridized carbons (Fsp3) is 0.0667. The van der Waals surface area contributed by atoms with Crippen molar-refractivity contribution < 1.29 is 8.78 Å². The molecule has 0 unspecified atom stereocenters. The van der Waals surface area contributed by atoms with Crippen LogP contribution < -0.4 is 0 Å². The van der Waals surface area contributed by atoms with Crippen LogP contribution in [0.2, 0.25) is 0 Å². The molecule has 0 amide bonds. The molecule has 0 fully saturated rings. The Morgan fingerprint density at radius 2 is 1.50 bits per heavy atom. The molecule has 0 radical (unpaired) electrons. The summed E-state index contributed by atoms with van der Waals surface area (Å²) in [6.45, 7) is 1.99. The molecular weight excluding hydrogens is 232 g/mol. The number of hydrogen-bond acceptors (Lipinski definition) is 0. The molecule has 3 aromatic rings. The van der Waals surface area contributed by atoms with Crippen molar-refractivity contribution in [1.29, 1.82) is 0 Å². The Bertz CT molecular complexity index is 708. The minimum atomic E-state index is -0.561. The van der Waals surface area contributed by atoms with Gasteiger partial charge < -0.3 is 4.40 Å². The third-order valence-electron chi connectivity index (χ3n) is 3.05. The first kappa shape index (κ1) is 11.0. The summed E-state index contributed by atoms with van der Waals surface area (Å²) in [5.41, 5.74) is 3.49. The molecule has 2 aromatic heterocycles. The lowest BCUT2D eigenvalue weighted by Crippen LogP contribution is -1.90. The summed E-state index contributed by atoms with van der Waals surface area (Å²) >= 11 is 0. The Labute approximate surface area is 103 Å². The molecule has 0 spiro atoms. The average Bonchev–Trinajstić information content (AvgIpc) is 2.69. The maximum atomic E-state index is 13.2. The lowest BCUT2D eigenvalue weighted by atomic mass is 10.1. The third-order valence-corrected chi connectivity index (χ3v) is 3.05. The number of pyridine rings is 1. The van der Waals surface area contributed by atoms with Crippen LogP contribution in [-0.4, -0.2) is 4.40 Å². The van der Waals surface area contributed by atoms with Gasteiger partial charge in [0.1, 0.15) is 11.6 Å². The second kappa shape index (κ2) is 3.95. The molecule has 0 saturated carbocycles. The van der Waals surface area contributed by atoms with Crippen molar-refractivity contribution in [2.45, 2.75) is 6.92 Å². The maximum absolute atomic E-state index is 13.2. The zero-order valence-corrected chi connectivity index (χ0v) is 9.82. The van der Waals surface area contributed by atoms with Gasteiger partial charge in [-0.05, 0) is 48.4 Å². The standard InChI is InChI=1S/C15H11F2N/c1-10-2-4-15-5-3-11(9-18(10)15)12-6-13(16)8-14(17)7-12/h2-9H,1H3. The largest absolute Gasteiger partial charge is 0.321 e. The number of hydrogen-bond donors (Lipinski definition) is 0. The SMILES string of the molecule is Cc1ccc2ccc(-c3cc(F)cc(F)c3)cn12. The molecule has 1 nitrogen and oxygen atoms in total. The van der Waals surface area contributed by atoms with Crippen molar-refractivity contribution in [3.63, 3.8) is 0 Å². The smallest absolute Gasteiger partial charge is 0.126 e. The van der Waals surface area contributed by atoms with Gasteiger partial charge in [-0.15, -0.1) is 0 Å². The summed E-state index contributed by atoms with van der Waals surface area (Å²) in [7, 11) is 0. The van der Waals surface area contributed by atoms with E-state index < -0.39 is 11.6 Å². The summed E-state index contributed by atoms with van der Waals surface area (Å²) in [6.07, 6.45) is 1.89. The van der Waals surface area contributed by atoms with E-state index in [1.54, 1.807) is 0 Å². The molecule has 0 aliphatic rings. The summed E-state index contributed by atoms with van der Waals surface area (Å²) in [5.74, 6) is -1.12. The Kier molecular flexibility index (Phi) is 2.40. The van der Waals surface area contributed by atoms with Gasteiger partial charge in [0.2, 0.25) is 0 Å². The number of halogens is 2. The Morgan fingerprint density at radius 1 is 0.833 bits per heavy atom. The van der Waals surface area contributed by atoms with Crippen molar-refractivity contribution in [3.05, 3.63) is 66.0 Å². The van der Waals surface area contributed by atoms with Gasteiger partial charge in [0, 0.05) is 23.5 Å². The van der Waals surface area contributed by atoms with Crippen molar-refractivity contribution in [1.82, 2.24) is 4.40 Å². The van der Waals surface area contributed by atoms with E-state index in [0.717, 1.165) is 22.8 Å². The summed E-state index contributed by atoms with van der Waals surface area (Å²) in [5, 5.41) is 0. The van der Waals surface area contributed by atoms with Gasteiger partial charge in [-0.25, -0.2) is 8.78 Å². The quantitative estimate of drug-likeness (QED) is 0.603. The van der Waals surface area contributed by atoms with Crippen LogP contribution in [0.1, 0.15) is 5.69 Å². The number of aryl methyl sites for hydroxylation is 1. The molecule has 0 N–H and O–H groups in total. The van der Waals surface area contributed by atoms with Gasteiger partial charge in [0.25, 0.3) is 0 Å². The molecule has 0 aliphatic carbocycles. The molecule has 90 valence electrons. The Morgan fingerprint density at radius 3 is 2.22 bits per heavy atom. The van der Waals surface area contributed by atoms with Crippen LogP contribution in [0.4, 0.5) is 8.78 Å². The van der Waals surface area contributed by atoms with E-state index in [9.17, 15) is 8.78 Å². The second-order valence-corrected chi connectivity index (χ2v) is 4.35. The van der Waals surface area contributed by atoms with E-state index in [0.29, 0.717) is 5.56 Å². The zero-order valence-electron chi connectivity index (χ0n) is 9.82. The summed E-state index contributed by atoms with van der Waals surface area (Å²) in [6, 6.07) is 11.4. The Balaban J connectivity index is 2.21. The predicted molar refractivity (Wildman–Crippen MR) is 67.5 cm³/mol. The highest BCUT2D eigenvalue weighted by molar-refractivity contribution is 5.66. The van der Waals surface area contributed by atoms with Crippen molar-refractivity contribution in [2.24, 2.45) is 0 Å².